The van der Waals surface area contributed by atoms with E-state index in [1.807, 2.05) is 60.4 Å². The minimum atomic E-state index is -0.302. The van der Waals surface area contributed by atoms with Crippen molar-refractivity contribution in [1.29, 1.82) is 0 Å². The molecular weight excluding hydrogens is 405 g/mol. The van der Waals surface area contributed by atoms with Gasteiger partial charge in [-0.1, -0.05) is 48.5 Å². The van der Waals surface area contributed by atoms with E-state index in [4.69, 9.17) is 0 Å². The first-order valence-electron chi connectivity index (χ1n) is 10.9. The number of amides is 2. The lowest BCUT2D eigenvalue weighted by Crippen LogP contribution is -2.55. The summed E-state index contributed by atoms with van der Waals surface area (Å²) in [6.07, 6.45) is 0. The molecule has 166 valence electrons. The third-order valence-corrected chi connectivity index (χ3v) is 6.21. The van der Waals surface area contributed by atoms with E-state index in [2.05, 4.69) is 4.90 Å². The lowest BCUT2D eigenvalue weighted by atomic mass is 10.0. The van der Waals surface area contributed by atoms with Crippen LogP contribution in [0.3, 0.4) is 0 Å². The van der Waals surface area contributed by atoms with Crippen molar-refractivity contribution in [3.63, 3.8) is 0 Å². The van der Waals surface area contributed by atoms with Crippen molar-refractivity contribution in [2.75, 3.05) is 33.2 Å². The Kier molecular flexibility index (Phi) is 6.51. The van der Waals surface area contributed by atoms with Crippen molar-refractivity contribution >= 4 is 22.6 Å². The topological polar surface area (TPSA) is 43.9 Å². The molecule has 5 nitrogen and oxygen atoms in total. The van der Waals surface area contributed by atoms with Crippen LogP contribution in [0.15, 0.2) is 66.7 Å². The van der Waals surface area contributed by atoms with Crippen molar-refractivity contribution in [2.45, 2.75) is 19.5 Å². The van der Waals surface area contributed by atoms with E-state index in [0.717, 1.165) is 21.9 Å². The van der Waals surface area contributed by atoms with E-state index in [1.54, 1.807) is 18.0 Å². The number of carbonyl (C=O) groups is 2. The standard InChI is InChI=1S/C26H28FN3O2/c1-19(25(31)28(2)18-20-7-5-10-22(27)17-20)29-13-15-30(16-14-29)26(32)24-12-6-9-21-8-3-4-11-23(21)24/h3-12,17,19H,13-16,18H2,1-2H3. The zero-order valence-corrected chi connectivity index (χ0v) is 18.5. The molecule has 4 rings (SSSR count). The van der Waals surface area contributed by atoms with Crippen molar-refractivity contribution in [3.05, 3.63) is 83.7 Å². The second kappa shape index (κ2) is 9.49. The van der Waals surface area contributed by atoms with E-state index in [0.29, 0.717) is 32.7 Å². The van der Waals surface area contributed by atoms with Gasteiger partial charge in [0, 0.05) is 45.3 Å². The van der Waals surface area contributed by atoms with Crippen LogP contribution in [0.5, 0.6) is 0 Å². The van der Waals surface area contributed by atoms with Gasteiger partial charge in [-0.05, 0) is 41.5 Å². The highest BCUT2D eigenvalue weighted by atomic mass is 19.1. The average molecular weight is 434 g/mol. The Morgan fingerprint density at radius 1 is 0.969 bits per heavy atom. The molecule has 3 aromatic rings. The van der Waals surface area contributed by atoms with E-state index >= 15 is 0 Å². The van der Waals surface area contributed by atoms with Gasteiger partial charge in [0.15, 0.2) is 0 Å². The quantitative estimate of drug-likeness (QED) is 0.615. The maximum absolute atomic E-state index is 13.4. The zero-order chi connectivity index (χ0) is 22.7. The SMILES string of the molecule is CC(C(=O)N(C)Cc1cccc(F)c1)N1CCN(C(=O)c2cccc3ccccc23)CC1. The number of hydrogen-bond acceptors (Lipinski definition) is 3. The Bertz CT molecular complexity index is 1120. The summed E-state index contributed by atoms with van der Waals surface area (Å²) in [7, 11) is 1.74. The molecule has 32 heavy (non-hydrogen) atoms. The molecule has 0 radical (unpaired) electrons. The van der Waals surface area contributed by atoms with Gasteiger partial charge >= 0.3 is 0 Å². The highest BCUT2D eigenvalue weighted by molar-refractivity contribution is 6.07. The first-order valence-corrected chi connectivity index (χ1v) is 10.9. The van der Waals surface area contributed by atoms with Crippen molar-refractivity contribution in [2.24, 2.45) is 0 Å². The predicted octanol–water partition coefficient (Wildman–Crippen LogP) is 3.78. The molecule has 1 aliphatic heterocycles. The number of nitrogens with zero attached hydrogens (tertiary/aromatic N) is 3. The van der Waals surface area contributed by atoms with Gasteiger partial charge in [0.25, 0.3) is 5.91 Å². The molecule has 1 heterocycles. The van der Waals surface area contributed by atoms with E-state index in [1.165, 1.54) is 12.1 Å². The molecule has 2 amide bonds. The third kappa shape index (κ3) is 4.65. The van der Waals surface area contributed by atoms with Crippen LogP contribution in [0.2, 0.25) is 0 Å². The van der Waals surface area contributed by atoms with Crippen LogP contribution < -0.4 is 0 Å². The van der Waals surface area contributed by atoms with Gasteiger partial charge in [0.05, 0.1) is 6.04 Å². The van der Waals surface area contributed by atoms with Gasteiger partial charge in [-0.15, -0.1) is 0 Å². The van der Waals surface area contributed by atoms with Gasteiger partial charge in [-0.3, -0.25) is 14.5 Å². The molecule has 0 saturated carbocycles. The summed E-state index contributed by atoms with van der Waals surface area (Å²) in [4.78, 5) is 31.7. The fourth-order valence-electron chi connectivity index (χ4n) is 4.36. The molecule has 1 atom stereocenters. The molecule has 1 fully saturated rings. The smallest absolute Gasteiger partial charge is 0.254 e. The summed E-state index contributed by atoms with van der Waals surface area (Å²) < 4.78 is 13.4. The van der Waals surface area contributed by atoms with E-state index < -0.39 is 0 Å². The summed E-state index contributed by atoms with van der Waals surface area (Å²) in [5, 5.41) is 2.02. The van der Waals surface area contributed by atoms with Gasteiger partial charge in [-0.2, -0.15) is 0 Å². The lowest BCUT2D eigenvalue weighted by molar-refractivity contribution is -0.136. The first kappa shape index (κ1) is 22.0. The molecule has 1 unspecified atom stereocenters. The lowest BCUT2D eigenvalue weighted by Gasteiger charge is -2.38. The molecule has 0 spiro atoms. The van der Waals surface area contributed by atoms with Crippen LogP contribution in [0.4, 0.5) is 4.39 Å². The Labute approximate surface area is 188 Å². The highest BCUT2D eigenvalue weighted by Gasteiger charge is 2.29. The fraction of sp³-hybridized carbons (Fsp3) is 0.308. The van der Waals surface area contributed by atoms with Gasteiger partial charge in [-0.25, -0.2) is 4.39 Å². The molecule has 0 N–H and O–H groups in total. The first-order chi connectivity index (χ1) is 15.4. The summed E-state index contributed by atoms with van der Waals surface area (Å²) >= 11 is 0. The Morgan fingerprint density at radius 3 is 2.41 bits per heavy atom. The van der Waals surface area contributed by atoms with Crippen molar-refractivity contribution < 1.29 is 14.0 Å². The van der Waals surface area contributed by atoms with Crippen LogP contribution >= 0.6 is 0 Å². The molecule has 0 bridgehead atoms. The zero-order valence-electron chi connectivity index (χ0n) is 18.5. The summed E-state index contributed by atoms with van der Waals surface area (Å²) in [5.41, 5.74) is 1.48. The van der Waals surface area contributed by atoms with E-state index in [9.17, 15) is 14.0 Å². The molecule has 0 aromatic heterocycles. The number of benzene rings is 3. The number of halogens is 1. The van der Waals surface area contributed by atoms with Crippen LogP contribution in [0, 0.1) is 5.82 Å². The summed E-state index contributed by atoms with van der Waals surface area (Å²) in [6, 6.07) is 19.7. The number of fused-ring (bicyclic) bond motifs is 1. The largest absolute Gasteiger partial charge is 0.340 e. The molecule has 1 saturated heterocycles. The Morgan fingerprint density at radius 2 is 1.66 bits per heavy atom. The molecule has 6 heteroatoms. The van der Waals surface area contributed by atoms with Gasteiger partial charge in [0.2, 0.25) is 5.91 Å². The minimum Gasteiger partial charge on any atom is -0.340 e. The van der Waals surface area contributed by atoms with Crippen LogP contribution in [-0.4, -0.2) is 65.8 Å². The number of rotatable bonds is 5. The van der Waals surface area contributed by atoms with Gasteiger partial charge < -0.3 is 9.80 Å². The Hall–Kier alpha value is -3.25. The third-order valence-electron chi connectivity index (χ3n) is 6.21. The number of piperazine rings is 1. The number of likely N-dealkylation sites (N-methyl/N-ethyl adjacent to an activating group) is 1. The predicted molar refractivity (Wildman–Crippen MR) is 124 cm³/mol. The normalized spacial score (nSPS) is 15.5. The number of carbonyl (C=O) groups excluding carboxylic acids is 2. The van der Waals surface area contributed by atoms with E-state index in [-0.39, 0.29) is 23.7 Å². The monoisotopic (exact) mass is 433 g/mol. The second-order valence-electron chi connectivity index (χ2n) is 8.36. The average Bonchev–Trinajstić information content (AvgIpc) is 2.82. The molecular formula is C26H28FN3O2. The van der Waals surface area contributed by atoms with Gasteiger partial charge in [0.1, 0.15) is 5.82 Å². The second-order valence-corrected chi connectivity index (χ2v) is 8.36. The van der Waals surface area contributed by atoms with Crippen LogP contribution in [0.1, 0.15) is 22.8 Å². The summed E-state index contributed by atoms with van der Waals surface area (Å²) in [5.74, 6) is -0.282. The Balaban J connectivity index is 1.36. The molecule has 0 aliphatic carbocycles. The summed E-state index contributed by atoms with van der Waals surface area (Å²) in [6.45, 7) is 4.68. The molecule has 3 aromatic carbocycles. The fourth-order valence-corrected chi connectivity index (χ4v) is 4.36. The maximum atomic E-state index is 13.4. The maximum Gasteiger partial charge on any atom is 0.254 e. The number of hydrogen-bond donors (Lipinski definition) is 0. The highest BCUT2D eigenvalue weighted by Crippen LogP contribution is 2.21. The van der Waals surface area contributed by atoms with Crippen molar-refractivity contribution in [3.8, 4) is 0 Å². The molecule has 1 aliphatic rings. The van der Waals surface area contributed by atoms with Crippen LogP contribution in [-0.2, 0) is 11.3 Å². The van der Waals surface area contributed by atoms with Crippen LogP contribution in [0.25, 0.3) is 10.8 Å². The minimum absolute atomic E-state index is 0.0110. The van der Waals surface area contributed by atoms with Crippen molar-refractivity contribution in [1.82, 2.24) is 14.7 Å².